The number of hydrogen-bond donors (Lipinski definition) is 0. The highest BCUT2D eigenvalue weighted by atomic mass is 15.2. The summed E-state index contributed by atoms with van der Waals surface area (Å²) in [6, 6.07) is 0.337. The normalized spacial score (nSPS) is 25.4. The SMILES string of the molecule is C[C@@H]1N=C(C(C)(C)C)N2CCCC2=C1C(C)(C)C. The van der Waals surface area contributed by atoms with E-state index in [0.717, 1.165) is 6.54 Å². The van der Waals surface area contributed by atoms with E-state index < -0.39 is 0 Å². The number of hydrogen-bond acceptors (Lipinski definition) is 2. The number of amidine groups is 1. The molecule has 0 aromatic heterocycles. The second-order valence-corrected chi connectivity index (χ2v) is 7.74. The van der Waals surface area contributed by atoms with Gasteiger partial charge in [0.15, 0.2) is 0 Å². The maximum Gasteiger partial charge on any atom is 0.109 e. The number of fused-ring (bicyclic) bond motifs is 1. The van der Waals surface area contributed by atoms with E-state index in [1.807, 2.05) is 0 Å². The predicted molar refractivity (Wildman–Crippen MR) is 78.8 cm³/mol. The van der Waals surface area contributed by atoms with Crippen LogP contribution >= 0.6 is 0 Å². The second kappa shape index (κ2) is 4.11. The molecule has 2 rings (SSSR count). The van der Waals surface area contributed by atoms with Crippen molar-refractivity contribution in [2.75, 3.05) is 6.54 Å². The van der Waals surface area contributed by atoms with E-state index >= 15 is 0 Å². The fourth-order valence-electron chi connectivity index (χ4n) is 3.41. The number of aliphatic imine (C=N–C) groups is 1. The monoisotopic (exact) mass is 248 g/mol. The third kappa shape index (κ3) is 2.22. The first-order valence-electron chi connectivity index (χ1n) is 7.21. The van der Waals surface area contributed by atoms with Crippen molar-refractivity contribution in [3.8, 4) is 0 Å². The minimum Gasteiger partial charge on any atom is -0.333 e. The van der Waals surface area contributed by atoms with Crippen LogP contribution in [0.25, 0.3) is 0 Å². The van der Waals surface area contributed by atoms with Gasteiger partial charge in [-0.3, -0.25) is 4.99 Å². The largest absolute Gasteiger partial charge is 0.333 e. The summed E-state index contributed by atoms with van der Waals surface area (Å²) >= 11 is 0. The Morgan fingerprint density at radius 3 is 2.17 bits per heavy atom. The molecule has 1 fully saturated rings. The Labute approximate surface area is 112 Å². The molecule has 0 bridgehead atoms. The number of nitrogens with zero attached hydrogens (tertiary/aromatic N) is 2. The first-order chi connectivity index (χ1) is 8.12. The van der Waals surface area contributed by atoms with Crippen molar-refractivity contribution in [3.05, 3.63) is 11.3 Å². The fourth-order valence-corrected chi connectivity index (χ4v) is 3.41. The van der Waals surface area contributed by atoms with Gasteiger partial charge >= 0.3 is 0 Å². The Bertz CT molecular complexity index is 402. The highest BCUT2D eigenvalue weighted by Gasteiger charge is 2.39. The lowest BCUT2D eigenvalue weighted by Gasteiger charge is -2.41. The van der Waals surface area contributed by atoms with E-state index in [1.54, 1.807) is 11.3 Å². The molecule has 0 N–H and O–H groups in total. The van der Waals surface area contributed by atoms with Crippen molar-refractivity contribution in [3.63, 3.8) is 0 Å². The molecule has 2 nitrogen and oxygen atoms in total. The zero-order valence-corrected chi connectivity index (χ0v) is 13.1. The van der Waals surface area contributed by atoms with Crippen LogP contribution in [0.2, 0.25) is 0 Å². The fraction of sp³-hybridized carbons (Fsp3) is 0.812. The molecule has 0 unspecified atom stereocenters. The van der Waals surface area contributed by atoms with Crippen LogP contribution in [0.1, 0.15) is 61.3 Å². The zero-order valence-electron chi connectivity index (χ0n) is 13.1. The first-order valence-corrected chi connectivity index (χ1v) is 7.21. The molecule has 2 aliphatic heterocycles. The minimum atomic E-state index is 0.146. The third-order valence-electron chi connectivity index (χ3n) is 3.90. The van der Waals surface area contributed by atoms with E-state index in [-0.39, 0.29) is 10.8 Å². The Kier molecular flexibility index (Phi) is 3.11. The lowest BCUT2D eigenvalue weighted by molar-refractivity contribution is 0.396. The first kappa shape index (κ1) is 13.6. The van der Waals surface area contributed by atoms with Gasteiger partial charge in [-0.15, -0.1) is 0 Å². The summed E-state index contributed by atoms with van der Waals surface area (Å²) in [7, 11) is 0. The molecule has 0 aromatic carbocycles. The Balaban J connectivity index is 2.49. The van der Waals surface area contributed by atoms with E-state index in [1.165, 1.54) is 18.7 Å². The van der Waals surface area contributed by atoms with Crippen LogP contribution in [0.4, 0.5) is 0 Å². The van der Waals surface area contributed by atoms with Crippen LogP contribution in [0.15, 0.2) is 16.3 Å². The minimum absolute atomic E-state index is 0.146. The van der Waals surface area contributed by atoms with Gasteiger partial charge in [0.25, 0.3) is 0 Å². The summed E-state index contributed by atoms with van der Waals surface area (Å²) in [6.45, 7) is 17.2. The average molecular weight is 248 g/mol. The molecule has 0 aromatic rings. The van der Waals surface area contributed by atoms with Gasteiger partial charge in [0.05, 0.1) is 6.04 Å². The summed E-state index contributed by atoms with van der Waals surface area (Å²) < 4.78 is 0. The highest BCUT2D eigenvalue weighted by molar-refractivity contribution is 5.90. The van der Waals surface area contributed by atoms with Crippen molar-refractivity contribution in [2.45, 2.75) is 67.3 Å². The second-order valence-electron chi connectivity index (χ2n) is 7.74. The van der Waals surface area contributed by atoms with Gasteiger partial charge in [0.1, 0.15) is 5.84 Å². The molecule has 0 spiro atoms. The molecule has 2 heteroatoms. The zero-order chi connectivity index (χ0) is 13.7. The van der Waals surface area contributed by atoms with Crippen LogP contribution in [0.3, 0.4) is 0 Å². The van der Waals surface area contributed by atoms with E-state index in [2.05, 4.69) is 53.4 Å². The average Bonchev–Trinajstić information content (AvgIpc) is 2.60. The van der Waals surface area contributed by atoms with E-state index in [9.17, 15) is 0 Å². The molecule has 0 aliphatic carbocycles. The van der Waals surface area contributed by atoms with E-state index in [0.29, 0.717) is 6.04 Å². The Morgan fingerprint density at radius 1 is 1.06 bits per heavy atom. The Hall–Kier alpha value is -0.790. The predicted octanol–water partition coefficient (Wildman–Crippen LogP) is 4.23. The van der Waals surface area contributed by atoms with Crippen molar-refractivity contribution in [2.24, 2.45) is 15.8 Å². The van der Waals surface area contributed by atoms with Crippen LogP contribution in [0, 0.1) is 10.8 Å². The summed E-state index contributed by atoms with van der Waals surface area (Å²) in [4.78, 5) is 7.53. The molecule has 0 saturated carbocycles. The summed E-state index contributed by atoms with van der Waals surface area (Å²) in [5.41, 5.74) is 3.49. The van der Waals surface area contributed by atoms with Crippen LogP contribution in [0.5, 0.6) is 0 Å². The standard InChI is InChI=1S/C16H28N2/c1-11-13(15(2,3)4)12-9-8-10-18(12)14(17-11)16(5,6)7/h11H,8-10H2,1-7H3/t11-/m0/s1. The van der Waals surface area contributed by atoms with Crippen LogP contribution in [-0.2, 0) is 0 Å². The highest BCUT2D eigenvalue weighted by Crippen LogP contribution is 2.42. The van der Waals surface area contributed by atoms with Gasteiger partial charge < -0.3 is 4.90 Å². The van der Waals surface area contributed by atoms with Crippen molar-refractivity contribution in [1.29, 1.82) is 0 Å². The lowest BCUT2D eigenvalue weighted by Crippen LogP contribution is -2.43. The van der Waals surface area contributed by atoms with Crippen LogP contribution < -0.4 is 0 Å². The molecule has 1 saturated heterocycles. The molecule has 1 atom stereocenters. The molecular formula is C16H28N2. The van der Waals surface area contributed by atoms with Gasteiger partial charge in [0.2, 0.25) is 0 Å². The van der Waals surface area contributed by atoms with Crippen molar-refractivity contribution in [1.82, 2.24) is 4.90 Å². The summed E-state index contributed by atoms with van der Waals surface area (Å²) in [6.07, 6.45) is 2.50. The Morgan fingerprint density at radius 2 is 1.67 bits per heavy atom. The van der Waals surface area contributed by atoms with Crippen molar-refractivity contribution >= 4 is 5.84 Å². The van der Waals surface area contributed by atoms with Gasteiger partial charge in [-0.1, -0.05) is 41.5 Å². The van der Waals surface area contributed by atoms with Crippen LogP contribution in [-0.4, -0.2) is 23.3 Å². The molecular weight excluding hydrogens is 220 g/mol. The number of allylic oxidation sites excluding steroid dienone is 1. The molecule has 2 heterocycles. The third-order valence-corrected chi connectivity index (χ3v) is 3.90. The molecule has 0 radical (unpaired) electrons. The lowest BCUT2D eigenvalue weighted by atomic mass is 9.79. The smallest absolute Gasteiger partial charge is 0.109 e. The van der Waals surface area contributed by atoms with Gasteiger partial charge in [0, 0.05) is 17.7 Å². The topological polar surface area (TPSA) is 15.6 Å². The quantitative estimate of drug-likeness (QED) is 0.626. The maximum atomic E-state index is 5.03. The van der Waals surface area contributed by atoms with Gasteiger partial charge in [-0.2, -0.15) is 0 Å². The molecule has 0 amide bonds. The molecule has 18 heavy (non-hydrogen) atoms. The van der Waals surface area contributed by atoms with Gasteiger partial charge in [-0.05, 0) is 30.8 Å². The maximum absolute atomic E-state index is 5.03. The summed E-state index contributed by atoms with van der Waals surface area (Å²) in [5.74, 6) is 1.29. The summed E-state index contributed by atoms with van der Waals surface area (Å²) in [5, 5.41) is 0. The van der Waals surface area contributed by atoms with Gasteiger partial charge in [-0.25, -0.2) is 0 Å². The van der Waals surface area contributed by atoms with Crippen molar-refractivity contribution < 1.29 is 0 Å². The molecule has 102 valence electrons. The molecule has 2 aliphatic rings. The van der Waals surface area contributed by atoms with E-state index in [4.69, 9.17) is 4.99 Å². The number of rotatable bonds is 0.